The number of hydrogen-bond acceptors (Lipinski definition) is 5. The molecule has 5 nitrogen and oxygen atoms in total. The van der Waals surface area contributed by atoms with Gasteiger partial charge in [-0.1, -0.05) is 12.1 Å². The SMILES string of the molecule is CCN1c2ccccc2NC1C(C#N)c1ccnc(Cl)n1. The van der Waals surface area contributed by atoms with E-state index >= 15 is 0 Å². The molecule has 0 radical (unpaired) electrons. The Labute approximate surface area is 128 Å². The first-order chi connectivity index (χ1) is 10.2. The molecule has 2 aromatic rings. The van der Waals surface area contributed by atoms with E-state index in [2.05, 4.69) is 33.2 Å². The lowest BCUT2D eigenvalue weighted by atomic mass is 10.0. The van der Waals surface area contributed by atoms with Crippen molar-refractivity contribution >= 4 is 23.0 Å². The highest BCUT2D eigenvalue weighted by atomic mass is 35.5. The zero-order chi connectivity index (χ0) is 14.8. The number of nitrogens with one attached hydrogen (secondary N) is 1. The highest BCUT2D eigenvalue weighted by Gasteiger charge is 2.35. The highest BCUT2D eigenvalue weighted by molar-refractivity contribution is 6.28. The van der Waals surface area contributed by atoms with Crippen LogP contribution < -0.4 is 10.2 Å². The zero-order valence-corrected chi connectivity index (χ0v) is 12.2. The minimum Gasteiger partial charge on any atom is -0.362 e. The van der Waals surface area contributed by atoms with Crippen molar-refractivity contribution in [1.82, 2.24) is 9.97 Å². The Morgan fingerprint density at radius 1 is 1.43 bits per heavy atom. The molecule has 0 fully saturated rings. The number of nitriles is 1. The van der Waals surface area contributed by atoms with E-state index < -0.39 is 5.92 Å². The van der Waals surface area contributed by atoms with E-state index in [0.717, 1.165) is 17.9 Å². The fourth-order valence-corrected chi connectivity index (χ4v) is 2.84. The average Bonchev–Trinajstić information content (AvgIpc) is 2.86. The number of likely N-dealkylation sites (N-methyl/N-ethyl adjacent to an activating group) is 1. The molecule has 0 bridgehead atoms. The van der Waals surface area contributed by atoms with Crippen molar-refractivity contribution < 1.29 is 0 Å². The summed E-state index contributed by atoms with van der Waals surface area (Å²) < 4.78 is 0. The molecule has 6 heteroatoms. The third kappa shape index (κ3) is 2.39. The molecular formula is C15H14ClN5. The molecule has 0 amide bonds. The van der Waals surface area contributed by atoms with Gasteiger partial charge in [-0.15, -0.1) is 0 Å². The van der Waals surface area contributed by atoms with E-state index in [1.165, 1.54) is 0 Å². The van der Waals surface area contributed by atoms with Gasteiger partial charge in [0, 0.05) is 12.7 Å². The Hall–Kier alpha value is -2.32. The van der Waals surface area contributed by atoms with Crippen LogP contribution in [0.2, 0.25) is 5.28 Å². The van der Waals surface area contributed by atoms with Crippen LogP contribution in [-0.2, 0) is 0 Å². The number of benzene rings is 1. The lowest BCUT2D eigenvalue weighted by Gasteiger charge is -2.28. The monoisotopic (exact) mass is 299 g/mol. The predicted molar refractivity (Wildman–Crippen MR) is 82.3 cm³/mol. The van der Waals surface area contributed by atoms with Gasteiger partial charge < -0.3 is 10.2 Å². The number of para-hydroxylation sites is 2. The van der Waals surface area contributed by atoms with Crippen LogP contribution in [0.1, 0.15) is 18.5 Å². The first-order valence-corrected chi connectivity index (χ1v) is 7.12. The molecule has 0 saturated carbocycles. The first-order valence-electron chi connectivity index (χ1n) is 6.75. The van der Waals surface area contributed by atoms with Crippen molar-refractivity contribution in [1.29, 1.82) is 5.26 Å². The van der Waals surface area contributed by atoms with Gasteiger partial charge in [0.1, 0.15) is 12.1 Å². The molecule has 2 heterocycles. The molecule has 1 aliphatic rings. The molecule has 0 spiro atoms. The second kappa shape index (κ2) is 5.58. The van der Waals surface area contributed by atoms with Crippen LogP contribution in [0.15, 0.2) is 36.5 Å². The van der Waals surface area contributed by atoms with Gasteiger partial charge in [-0.05, 0) is 36.7 Å². The van der Waals surface area contributed by atoms with E-state index in [0.29, 0.717) is 5.69 Å². The Morgan fingerprint density at radius 2 is 2.24 bits per heavy atom. The van der Waals surface area contributed by atoms with E-state index in [1.54, 1.807) is 12.3 Å². The predicted octanol–water partition coefficient (Wildman–Crippen LogP) is 3.02. The number of hydrogen-bond donors (Lipinski definition) is 1. The van der Waals surface area contributed by atoms with E-state index in [4.69, 9.17) is 11.6 Å². The normalized spacial score (nSPS) is 17.8. The van der Waals surface area contributed by atoms with E-state index in [9.17, 15) is 5.26 Å². The molecule has 0 aliphatic carbocycles. The van der Waals surface area contributed by atoms with Gasteiger partial charge in [-0.3, -0.25) is 0 Å². The molecule has 1 aliphatic heterocycles. The Bertz CT molecular complexity index is 696. The molecule has 1 aromatic carbocycles. The number of fused-ring (bicyclic) bond motifs is 1. The van der Waals surface area contributed by atoms with Crippen molar-refractivity contribution in [2.75, 3.05) is 16.8 Å². The first kappa shape index (κ1) is 13.7. The molecule has 106 valence electrons. The minimum absolute atomic E-state index is 0.159. The standard InChI is InChI=1S/C15H14ClN5/c1-2-21-13-6-4-3-5-12(13)19-14(21)10(9-17)11-7-8-18-15(16)20-11/h3-8,10,14,19H,2H2,1H3. The summed E-state index contributed by atoms with van der Waals surface area (Å²) in [4.78, 5) is 10.2. The van der Waals surface area contributed by atoms with Crippen molar-refractivity contribution in [3.05, 3.63) is 47.5 Å². The maximum absolute atomic E-state index is 9.60. The quantitative estimate of drug-likeness (QED) is 0.883. The van der Waals surface area contributed by atoms with Crippen LogP contribution in [-0.4, -0.2) is 22.7 Å². The Kier molecular flexibility index (Phi) is 3.63. The lowest BCUT2D eigenvalue weighted by molar-refractivity contribution is 0.622. The molecular weight excluding hydrogens is 286 g/mol. The summed E-state index contributed by atoms with van der Waals surface area (Å²) in [6.45, 7) is 2.86. The summed E-state index contributed by atoms with van der Waals surface area (Å²) in [7, 11) is 0. The second-order valence-electron chi connectivity index (χ2n) is 4.75. The van der Waals surface area contributed by atoms with Crippen molar-refractivity contribution in [3.8, 4) is 6.07 Å². The minimum atomic E-state index is -0.433. The fraction of sp³-hybridized carbons (Fsp3) is 0.267. The third-order valence-corrected chi connectivity index (χ3v) is 3.80. The van der Waals surface area contributed by atoms with Crippen molar-refractivity contribution in [2.24, 2.45) is 0 Å². The Morgan fingerprint density at radius 3 is 2.95 bits per heavy atom. The van der Waals surface area contributed by atoms with Crippen LogP contribution in [0.3, 0.4) is 0 Å². The molecule has 1 N–H and O–H groups in total. The summed E-state index contributed by atoms with van der Waals surface area (Å²) in [6.07, 6.45) is 1.41. The molecule has 2 unspecified atom stereocenters. The molecule has 3 rings (SSSR count). The summed E-state index contributed by atoms with van der Waals surface area (Å²) >= 11 is 5.85. The summed E-state index contributed by atoms with van der Waals surface area (Å²) in [5, 5.41) is 13.2. The average molecular weight is 300 g/mol. The summed E-state index contributed by atoms with van der Waals surface area (Å²) in [6, 6.07) is 12.1. The number of anilines is 2. The van der Waals surface area contributed by atoms with Crippen molar-refractivity contribution in [3.63, 3.8) is 0 Å². The van der Waals surface area contributed by atoms with Crippen LogP contribution >= 0.6 is 11.6 Å². The summed E-state index contributed by atoms with van der Waals surface area (Å²) in [5.41, 5.74) is 2.76. The van der Waals surface area contributed by atoms with E-state index in [1.807, 2.05) is 24.3 Å². The number of halogens is 1. The van der Waals surface area contributed by atoms with Crippen LogP contribution in [0, 0.1) is 11.3 Å². The second-order valence-corrected chi connectivity index (χ2v) is 5.09. The van der Waals surface area contributed by atoms with Crippen LogP contribution in [0.5, 0.6) is 0 Å². The molecule has 21 heavy (non-hydrogen) atoms. The Balaban J connectivity index is 1.98. The fourth-order valence-electron chi connectivity index (χ4n) is 2.68. The smallest absolute Gasteiger partial charge is 0.222 e. The molecule has 2 atom stereocenters. The molecule has 0 saturated heterocycles. The third-order valence-electron chi connectivity index (χ3n) is 3.61. The number of rotatable bonds is 3. The van der Waals surface area contributed by atoms with Crippen LogP contribution in [0.4, 0.5) is 11.4 Å². The largest absolute Gasteiger partial charge is 0.362 e. The number of aromatic nitrogens is 2. The van der Waals surface area contributed by atoms with Gasteiger partial charge in [0.15, 0.2) is 0 Å². The maximum atomic E-state index is 9.60. The van der Waals surface area contributed by atoms with Gasteiger partial charge in [0.25, 0.3) is 0 Å². The van der Waals surface area contributed by atoms with Crippen molar-refractivity contribution in [2.45, 2.75) is 19.0 Å². The van der Waals surface area contributed by atoms with Gasteiger partial charge in [-0.2, -0.15) is 5.26 Å². The zero-order valence-electron chi connectivity index (χ0n) is 11.5. The van der Waals surface area contributed by atoms with Gasteiger partial charge in [-0.25, -0.2) is 9.97 Å². The van der Waals surface area contributed by atoms with Gasteiger partial charge in [0.2, 0.25) is 5.28 Å². The maximum Gasteiger partial charge on any atom is 0.222 e. The lowest BCUT2D eigenvalue weighted by Crippen LogP contribution is -2.40. The topological polar surface area (TPSA) is 64.8 Å². The summed E-state index contributed by atoms with van der Waals surface area (Å²) in [5.74, 6) is -0.433. The van der Waals surface area contributed by atoms with Crippen LogP contribution in [0.25, 0.3) is 0 Å². The van der Waals surface area contributed by atoms with Gasteiger partial charge >= 0.3 is 0 Å². The number of nitrogens with zero attached hydrogens (tertiary/aromatic N) is 4. The molecule has 1 aromatic heterocycles. The highest BCUT2D eigenvalue weighted by Crippen LogP contribution is 2.38. The van der Waals surface area contributed by atoms with E-state index in [-0.39, 0.29) is 11.4 Å². The van der Waals surface area contributed by atoms with Gasteiger partial charge in [0.05, 0.1) is 23.1 Å².